The van der Waals surface area contributed by atoms with Crippen LogP contribution in [-0.4, -0.2) is 43.3 Å². The predicted octanol–water partition coefficient (Wildman–Crippen LogP) is 3.98. The van der Waals surface area contributed by atoms with E-state index in [4.69, 9.17) is 23.7 Å². The standard InChI is InChI=1S/C20H27BrO6/c1-5-6-7-14(22)16-17(18-19(25-16)27-20(2,3)26-18)24-11-12-8-9-13(21)10-15(12)23-4/h8-10,16-19H,5-7,11H2,1-4H3/t16-,17+,18-,19-/m1/s1. The van der Waals surface area contributed by atoms with E-state index in [0.717, 1.165) is 28.6 Å². The Morgan fingerprint density at radius 1 is 1.30 bits per heavy atom. The van der Waals surface area contributed by atoms with E-state index in [1.165, 1.54) is 0 Å². The van der Waals surface area contributed by atoms with Crippen LogP contribution in [0.2, 0.25) is 0 Å². The molecular formula is C20H27BrO6. The van der Waals surface area contributed by atoms with Crippen molar-refractivity contribution in [2.75, 3.05) is 7.11 Å². The maximum Gasteiger partial charge on any atom is 0.190 e. The van der Waals surface area contributed by atoms with Gasteiger partial charge in [-0.2, -0.15) is 0 Å². The van der Waals surface area contributed by atoms with Gasteiger partial charge in [0, 0.05) is 16.5 Å². The van der Waals surface area contributed by atoms with Gasteiger partial charge in [-0.1, -0.05) is 35.3 Å². The van der Waals surface area contributed by atoms with Crippen LogP contribution < -0.4 is 4.74 Å². The number of methoxy groups -OCH3 is 1. The van der Waals surface area contributed by atoms with E-state index in [0.29, 0.717) is 6.42 Å². The van der Waals surface area contributed by atoms with Gasteiger partial charge in [0.1, 0.15) is 24.1 Å². The summed E-state index contributed by atoms with van der Waals surface area (Å²) in [5, 5.41) is 0. The van der Waals surface area contributed by atoms with Gasteiger partial charge in [-0.25, -0.2) is 0 Å². The zero-order valence-electron chi connectivity index (χ0n) is 16.2. The van der Waals surface area contributed by atoms with E-state index in [1.54, 1.807) is 7.11 Å². The zero-order chi connectivity index (χ0) is 19.6. The molecule has 0 spiro atoms. The number of Topliss-reactive ketones (excluding diaryl/α,β-unsaturated/α-hetero) is 1. The molecule has 0 N–H and O–H groups in total. The molecule has 27 heavy (non-hydrogen) atoms. The Kier molecular flexibility index (Phi) is 6.58. The topological polar surface area (TPSA) is 63.2 Å². The maximum atomic E-state index is 12.6. The second-order valence-corrected chi connectivity index (χ2v) is 8.24. The summed E-state index contributed by atoms with van der Waals surface area (Å²) < 4.78 is 30.2. The molecule has 6 nitrogen and oxygen atoms in total. The minimum absolute atomic E-state index is 0.0315. The number of hydrogen-bond acceptors (Lipinski definition) is 6. The fourth-order valence-electron chi connectivity index (χ4n) is 3.44. The average molecular weight is 443 g/mol. The van der Waals surface area contributed by atoms with Crippen LogP contribution in [0.1, 0.15) is 45.6 Å². The van der Waals surface area contributed by atoms with Crippen LogP contribution in [0.4, 0.5) is 0 Å². The molecule has 3 rings (SSSR count). The number of unbranched alkanes of at least 4 members (excludes halogenated alkanes) is 1. The molecule has 4 atom stereocenters. The fourth-order valence-corrected chi connectivity index (χ4v) is 3.78. The molecule has 7 heteroatoms. The lowest BCUT2D eigenvalue weighted by Gasteiger charge is -2.25. The third-order valence-electron chi connectivity index (χ3n) is 4.77. The molecule has 1 aromatic rings. The van der Waals surface area contributed by atoms with Gasteiger partial charge in [-0.3, -0.25) is 4.79 Å². The van der Waals surface area contributed by atoms with Gasteiger partial charge in [0.2, 0.25) is 0 Å². The smallest absolute Gasteiger partial charge is 0.190 e. The summed E-state index contributed by atoms with van der Waals surface area (Å²) in [4.78, 5) is 12.6. The molecule has 2 heterocycles. The van der Waals surface area contributed by atoms with Gasteiger partial charge in [-0.05, 0) is 32.4 Å². The first-order valence-electron chi connectivity index (χ1n) is 9.32. The van der Waals surface area contributed by atoms with Crippen LogP contribution in [0.25, 0.3) is 0 Å². The Morgan fingerprint density at radius 2 is 2.07 bits per heavy atom. The third kappa shape index (κ3) is 4.71. The Balaban J connectivity index is 1.75. The lowest BCUT2D eigenvalue weighted by Crippen LogP contribution is -2.40. The molecule has 150 valence electrons. The molecule has 2 aliphatic heterocycles. The lowest BCUT2D eigenvalue weighted by molar-refractivity contribution is -0.218. The van der Waals surface area contributed by atoms with Gasteiger partial charge >= 0.3 is 0 Å². The monoisotopic (exact) mass is 442 g/mol. The summed E-state index contributed by atoms with van der Waals surface area (Å²) in [5.41, 5.74) is 0.891. The molecule has 2 aliphatic rings. The van der Waals surface area contributed by atoms with Crippen molar-refractivity contribution in [2.45, 2.75) is 77.0 Å². The van der Waals surface area contributed by atoms with Crippen LogP contribution in [0.5, 0.6) is 5.75 Å². The summed E-state index contributed by atoms with van der Waals surface area (Å²) >= 11 is 3.43. The molecule has 1 aromatic carbocycles. The van der Waals surface area contributed by atoms with E-state index >= 15 is 0 Å². The Labute approximate surface area is 168 Å². The van der Waals surface area contributed by atoms with Crippen molar-refractivity contribution in [3.8, 4) is 5.75 Å². The fraction of sp³-hybridized carbons (Fsp3) is 0.650. The molecule has 0 aromatic heterocycles. The van der Waals surface area contributed by atoms with Crippen LogP contribution in [0.15, 0.2) is 22.7 Å². The van der Waals surface area contributed by atoms with Gasteiger partial charge in [0.05, 0.1) is 13.7 Å². The normalized spacial score (nSPS) is 28.9. The summed E-state index contributed by atoms with van der Waals surface area (Å²) in [6, 6.07) is 5.74. The van der Waals surface area contributed by atoms with Gasteiger partial charge in [0.25, 0.3) is 0 Å². The predicted molar refractivity (Wildman–Crippen MR) is 103 cm³/mol. The number of ketones is 1. The van der Waals surface area contributed by atoms with Crippen molar-refractivity contribution in [3.05, 3.63) is 28.2 Å². The highest BCUT2D eigenvalue weighted by Crippen LogP contribution is 2.40. The quantitative estimate of drug-likeness (QED) is 0.606. The average Bonchev–Trinajstić information content (AvgIpc) is 3.10. The Bertz CT molecular complexity index is 676. The summed E-state index contributed by atoms with van der Waals surface area (Å²) in [6.45, 7) is 6.00. The molecule has 0 radical (unpaired) electrons. The number of carbonyl (C=O) groups is 1. The highest BCUT2D eigenvalue weighted by Gasteiger charge is 2.57. The molecule has 0 aliphatic carbocycles. The number of rotatable bonds is 8. The van der Waals surface area contributed by atoms with Crippen molar-refractivity contribution >= 4 is 21.7 Å². The van der Waals surface area contributed by atoms with Crippen molar-refractivity contribution in [3.63, 3.8) is 0 Å². The number of halogens is 1. The van der Waals surface area contributed by atoms with E-state index in [2.05, 4.69) is 22.9 Å². The van der Waals surface area contributed by atoms with E-state index in [1.807, 2.05) is 32.0 Å². The first-order valence-corrected chi connectivity index (χ1v) is 10.1. The van der Waals surface area contributed by atoms with Gasteiger partial charge < -0.3 is 23.7 Å². The van der Waals surface area contributed by atoms with Crippen LogP contribution in [0, 0.1) is 0 Å². The molecule has 0 unspecified atom stereocenters. The second-order valence-electron chi connectivity index (χ2n) is 7.33. The van der Waals surface area contributed by atoms with Crippen LogP contribution in [-0.2, 0) is 30.3 Å². The first-order chi connectivity index (χ1) is 12.8. The van der Waals surface area contributed by atoms with Crippen molar-refractivity contribution in [2.24, 2.45) is 0 Å². The summed E-state index contributed by atoms with van der Waals surface area (Å²) in [6.07, 6.45) is 0.0235. The zero-order valence-corrected chi connectivity index (χ0v) is 17.8. The number of fused-ring (bicyclic) bond motifs is 1. The Morgan fingerprint density at radius 3 is 2.78 bits per heavy atom. The summed E-state index contributed by atoms with van der Waals surface area (Å²) in [5.74, 6) is -0.00871. The molecular weight excluding hydrogens is 416 g/mol. The number of benzene rings is 1. The van der Waals surface area contributed by atoms with Crippen molar-refractivity contribution in [1.29, 1.82) is 0 Å². The SMILES string of the molecule is CCCCC(=O)[C@H]1O[C@@H]2OC(C)(C)O[C@@H]2[C@H]1OCc1ccc(Br)cc1OC. The van der Waals surface area contributed by atoms with E-state index < -0.39 is 30.4 Å². The molecule has 0 amide bonds. The highest BCUT2D eigenvalue weighted by atomic mass is 79.9. The van der Waals surface area contributed by atoms with Crippen LogP contribution in [0.3, 0.4) is 0 Å². The first kappa shape index (κ1) is 20.7. The largest absolute Gasteiger partial charge is 0.496 e. The van der Waals surface area contributed by atoms with E-state index in [-0.39, 0.29) is 12.4 Å². The van der Waals surface area contributed by atoms with Crippen molar-refractivity contribution < 1.29 is 28.5 Å². The summed E-state index contributed by atoms with van der Waals surface area (Å²) in [7, 11) is 1.62. The molecule has 2 saturated heterocycles. The lowest BCUT2D eigenvalue weighted by atomic mass is 10.0. The third-order valence-corrected chi connectivity index (χ3v) is 5.26. The number of hydrogen-bond donors (Lipinski definition) is 0. The maximum absolute atomic E-state index is 12.6. The number of carbonyl (C=O) groups excluding carboxylic acids is 1. The minimum atomic E-state index is -0.760. The van der Waals surface area contributed by atoms with Gasteiger partial charge in [-0.15, -0.1) is 0 Å². The van der Waals surface area contributed by atoms with Crippen molar-refractivity contribution in [1.82, 2.24) is 0 Å². The number of ether oxygens (including phenoxy) is 5. The minimum Gasteiger partial charge on any atom is -0.496 e. The molecule has 0 bridgehead atoms. The Hall–Kier alpha value is -0.990. The molecule has 2 fully saturated rings. The van der Waals surface area contributed by atoms with Crippen LogP contribution >= 0.6 is 15.9 Å². The molecule has 0 saturated carbocycles. The second kappa shape index (κ2) is 8.57. The van der Waals surface area contributed by atoms with E-state index in [9.17, 15) is 4.79 Å². The van der Waals surface area contributed by atoms with Gasteiger partial charge in [0.15, 0.2) is 17.9 Å². The highest BCUT2D eigenvalue weighted by molar-refractivity contribution is 9.10.